The Balaban J connectivity index is 1.93. The monoisotopic (exact) mass is 294 g/mol. The first-order chi connectivity index (χ1) is 9.47. The van der Waals surface area contributed by atoms with Gasteiger partial charge in [0, 0.05) is 30.2 Å². The van der Waals surface area contributed by atoms with Gasteiger partial charge in [0.1, 0.15) is 5.82 Å². The lowest BCUT2D eigenvalue weighted by atomic mass is 10.2. The molecule has 0 N–H and O–H groups in total. The van der Waals surface area contributed by atoms with Gasteiger partial charge in [-0.05, 0) is 38.6 Å². The predicted octanol–water partition coefficient (Wildman–Crippen LogP) is 2.80. The second-order valence-electron chi connectivity index (χ2n) is 5.03. The van der Waals surface area contributed by atoms with Gasteiger partial charge in [0.15, 0.2) is 0 Å². The van der Waals surface area contributed by atoms with E-state index in [-0.39, 0.29) is 10.7 Å². The van der Waals surface area contributed by atoms with E-state index in [2.05, 4.69) is 4.90 Å². The third kappa shape index (κ3) is 3.55. The molecule has 1 aromatic carbocycles. The fraction of sp³-hybridized carbons (Fsp3) is 0.400. The van der Waals surface area contributed by atoms with Crippen molar-refractivity contribution in [3.8, 4) is 0 Å². The number of aryl methyl sites for hydroxylation is 1. The molecule has 2 rings (SSSR count). The van der Waals surface area contributed by atoms with Gasteiger partial charge in [0.2, 0.25) is 0 Å². The van der Waals surface area contributed by atoms with Gasteiger partial charge in [0.25, 0.3) is 0 Å². The van der Waals surface area contributed by atoms with Crippen LogP contribution >= 0.6 is 11.3 Å². The second kappa shape index (κ2) is 6.33. The van der Waals surface area contributed by atoms with Gasteiger partial charge in [-0.15, -0.1) is 0 Å². The van der Waals surface area contributed by atoms with Crippen LogP contribution in [0.5, 0.6) is 0 Å². The third-order valence-electron chi connectivity index (χ3n) is 3.45. The van der Waals surface area contributed by atoms with Crippen LogP contribution in [0.4, 0.5) is 4.39 Å². The van der Waals surface area contributed by atoms with Crippen LogP contribution in [0.25, 0.3) is 0 Å². The quantitative estimate of drug-likeness (QED) is 0.847. The number of halogens is 1. The van der Waals surface area contributed by atoms with Crippen LogP contribution in [0, 0.1) is 19.7 Å². The van der Waals surface area contributed by atoms with Crippen molar-refractivity contribution in [1.82, 2.24) is 9.47 Å². The average molecular weight is 294 g/mol. The highest BCUT2D eigenvalue weighted by atomic mass is 32.1. The highest BCUT2D eigenvalue weighted by Crippen LogP contribution is 2.10. The molecule has 0 atom stereocenters. The molecular formula is C15H19FN2OS. The smallest absolute Gasteiger partial charge is 0.302 e. The molecular weight excluding hydrogens is 275 g/mol. The molecule has 0 spiro atoms. The number of thiazole rings is 1. The average Bonchev–Trinajstić information content (AvgIpc) is 2.64. The first kappa shape index (κ1) is 14.9. The van der Waals surface area contributed by atoms with Gasteiger partial charge in [-0.3, -0.25) is 4.79 Å². The molecule has 0 aliphatic carbocycles. The summed E-state index contributed by atoms with van der Waals surface area (Å²) in [5, 5.41) is 0. The van der Waals surface area contributed by atoms with Crippen LogP contribution in [0.15, 0.2) is 29.1 Å². The van der Waals surface area contributed by atoms with Crippen molar-refractivity contribution in [3.05, 3.63) is 55.9 Å². The lowest BCUT2D eigenvalue weighted by Crippen LogP contribution is -2.26. The molecule has 0 amide bonds. The molecule has 0 fully saturated rings. The summed E-state index contributed by atoms with van der Waals surface area (Å²) in [5.41, 5.74) is 2.12. The van der Waals surface area contributed by atoms with Crippen molar-refractivity contribution in [2.75, 3.05) is 13.6 Å². The molecule has 108 valence electrons. The number of hydrogen-bond acceptors (Lipinski definition) is 3. The lowest BCUT2D eigenvalue weighted by molar-refractivity contribution is 0.309. The van der Waals surface area contributed by atoms with Crippen LogP contribution in [-0.2, 0) is 13.1 Å². The van der Waals surface area contributed by atoms with E-state index < -0.39 is 0 Å². The Kier molecular flexibility index (Phi) is 4.73. The van der Waals surface area contributed by atoms with Crippen molar-refractivity contribution in [2.24, 2.45) is 0 Å². The summed E-state index contributed by atoms with van der Waals surface area (Å²) < 4.78 is 14.7. The SMILES string of the molecule is Cc1sc(=O)n(CCN(C)Cc2ccc(F)cc2)c1C. The number of rotatable bonds is 5. The van der Waals surface area contributed by atoms with Crippen LogP contribution in [0.2, 0.25) is 0 Å². The summed E-state index contributed by atoms with van der Waals surface area (Å²) >= 11 is 1.30. The largest absolute Gasteiger partial charge is 0.307 e. The van der Waals surface area contributed by atoms with E-state index in [1.54, 1.807) is 12.1 Å². The molecule has 0 bridgehead atoms. The van der Waals surface area contributed by atoms with Gasteiger partial charge in [-0.2, -0.15) is 0 Å². The Hall–Kier alpha value is -1.46. The molecule has 2 aromatic rings. The number of likely N-dealkylation sites (N-methyl/N-ethyl adjacent to an activating group) is 1. The second-order valence-corrected chi connectivity index (χ2v) is 6.19. The third-order valence-corrected chi connectivity index (χ3v) is 4.44. The summed E-state index contributed by atoms with van der Waals surface area (Å²) in [6.07, 6.45) is 0. The summed E-state index contributed by atoms with van der Waals surface area (Å²) in [6.45, 7) is 6.17. The van der Waals surface area contributed by atoms with E-state index >= 15 is 0 Å². The zero-order chi connectivity index (χ0) is 14.7. The van der Waals surface area contributed by atoms with Crippen molar-refractivity contribution < 1.29 is 4.39 Å². The number of benzene rings is 1. The van der Waals surface area contributed by atoms with E-state index in [9.17, 15) is 9.18 Å². The number of nitrogens with zero attached hydrogens (tertiary/aromatic N) is 2. The molecule has 0 saturated heterocycles. The first-order valence-corrected chi connectivity index (χ1v) is 7.39. The number of hydrogen-bond donors (Lipinski definition) is 0. The molecule has 0 aliphatic heterocycles. The molecule has 0 saturated carbocycles. The Morgan fingerprint density at radius 3 is 2.45 bits per heavy atom. The minimum absolute atomic E-state index is 0.107. The van der Waals surface area contributed by atoms with Crippen LogP contribution in [-0.4, -0.2) is 23.1 Å². The zero-order valence-electron chi connectivity index (χ0n) is 12.0. The Morgan fingerprint density at radius 1 is 1.25 bits per heavy atom. The molecule has 5 heteroatoms. The highest BCUT2D eigenvalue weighted by molar-refractivity contribution is 7.09. The van der Waals surface area contributed by atoms with Crippen LogP contribution < -0.4 is 4.87 Å². The standard InChI is InChI=1S/C15H19FN2OS/c1-11-12(2)20-15(19)18(11)9-8-17(3)10-13-4-6-14(16)7-5-13/h4-7H,8-10H2,1-3H3. The summed E-state index contributed by atoms with van der Waals surface area (Å²) in [5.74, 6) is -0.215. The predicted molar refractivity (Wildman–Crippen MR) is 80.8 cm³/mol. The Labute approximate surface area is 122 Å². The summed E-state index contributed by atoms with van der Waals surface area (Å²) in [4.78, 5) is 15.1. The van der Waals surface area contributed by atoms with Crippen molar-refractivity contribution in [3.63, 3.8) is 0 Å². The molecule has 3 nitrogen and oxygen atoms in total. The maximum absolute atomic E-state index is 12.8. The van der Waals surface area contributed by atoms with E-state index in [1.807, 2.05) is 25.5 Å². The fourth-order valence-corrected chi connectivity index (χ4v) is 2.96. The summed E-state index contributed by atoms with van der Waals surface area (Å²) in [7, 11) is 2.00. The normalized spacial score (nSPS) is 11.2. The van der Waals surface area contributed by atoms with Gasteiger partial charge in [0.05, 0.1) is 0 Å². The molecule has 0 radical (unpaired) electrons. The van der Waals surface area contributed by atoms with E-state index in [1.165, 1.54) is 23.5 Å². The number of aromatic nitrogens is 1. The van der Waals surface area contributed by atoms with Gasteiger partial charge >= 0.3 is 4.87 Å². The molecule has 1 heterocycles. The van der Waals surface area contributed by atoms with Crippen LogP contribution in [0.1, 0.15) is 16.1 Å². The lowest BCUT2D eigenvalue weighted by Gasteiger charge is -2.17. The molecule has 0 unspecified atom stereocenters. The Bertz CT molecular complexity index is 630. The fourth-order valence-electron chi connectivity index (χ4n) is 2.10. The first-order valence-electron chi connectivity index (χ1n) is 6.57. The van der Waals surface area contributed by atoms with Crippen molar-refractivity contribution >= 4 is 11.3 Å². The van der Waals surface area contributed by atoms with Crippen molar-refractivity contribution in [1.29, 1.82) is 0 Å². The highest BCUT2D eigenvalue weighted by Gasteiger charge is 2.08. The molecule has 20 heavy (non-hydrogen) atoms. The topological polar surface area (TPSA) is 25.2 Å². The minimum atomic E-state index is -0.215. The van der Waals surface area contributed by atoms with E-state index in [0.717, 1.165) is 29.2 Å². The molecule has 0 aliphatic rings. The van der Waals surface area contributed by atoms with Crippen LogP contribution in [0.3, 0.4) is 0 Å². The minimum Gasteiger partial charge on any atom is -0.302 e. The van der Waals surface area contributed by atoms with Gasteiger partial charge < -0.3 is 9.47 Å². The summed E-state index contributed by atoms with van der Waals surface area (Å²) in [6, 6.07) is 6.52. The molecule has 1 aromatic heterocycles. The van der Waals surface area contributed by atoms with Gasteiger partial charge in [-0.25, -0.2) is 4.39 Å². The van der Waals surface area contributed by atoms with E-state index in [0.29, 0.717) is 6.54 Å². The van der Waals surface area contributed by atoms with Crippen molar-refractivity contribution in [2.45, 2.75) is 26.9 Å². The Morgan fingerprint density at radius 2 is 1.90 bits per heavy atom. The zero-order valence-corrected chi connectivity index (χ0v) is 12.8. The maximum Gasteiger partial charge on any atom is 0.307 e. The van der Waals surface area contributed by atoms with E-state index in [4.69, 9.17) is 0 Å². The maximum atomic E-state index is 12.8. The van der Waals surface area contributed by atoms with Gasteiger partial charge in [-0.1, -0.05) is 23.5 Å².